The number of aliphatic imine (C=N–C) groups is 1. The Morgan fingerprint density at radius 1 is 1.18 bits per heavy atom. The molecule has 10 heteroatoms. The molecule has 2 aromatic carbocycles. The van der Waals surface area contributed by atoms with E-state index in [-0.39, 0.29) is 10.7 Å². The predicted octanol–water partition coefficient (Wildman–Crippen LogP) is 5.21. The lowest BCUT2D eigenvalue weighted by atomic mass is 10.0. The second-order valence-corrected chi connectivity index (χ2v) is 12.0. The quantitative estimate of drug-likeness (QED) is 0.219. The minimum absolute atomic E-state index is 0.268. The molecule has 4 rings (SSSR count). The lowest BCUT2D eigenvalue weighted by Gasteiger charge is -2.36. The van der Waals surface area contributed by atoms with E-state index < -0.39 is 10.0 Å². The van der Waals surface area contributed by atoms with E-state index in [1.54, 1.807) is 52.9 Å². The second-order valence-electron chi connectivity index (χ2n) is 10.1. The molecule has 0 radical (unpaired) electrons. The summed E-state index contributed by atoms with van der Waals surface area (Å²) in [5.41, 5.74) is 4.43. The summed E-state index contributed by atoms with van der Waals surface area (Å²) in [5, 5.41) is 7.52. The molecule has 1 saturated heterocycles. The van der Waals surface area contributed by atoms with Gasteiger partial charge in [-0.25, -0.2) is 17.8 Å². The number of sulfonamides is 1. The molecule has 2 heterocycles. The van der Waals surface area contributed by atoms with Gasteiger partial charge in [0.05, 0.1) is 16.8 Å². The Kier molecular flexibility index (Phi) is 9.34. The zero-order valence-corrected chi connectivity index (χ0v) is 24.3. The standard InChI is InChI=1S/C30H37FN6O2S/c1-6-7-30(24-8-10-26(31)11-9-24)34-23(3)33-27-12-14-29(15-13-27)40(38,39)37-18-16-28(17-19-37)35(4)21-25-20-32-36(5)22(25)2/h6-15,20,28H,1,16-19,21H2,2-5H3,(H,33,34)/b30-7-. The van der Waals surface area contributed by atoms with Crippen LogP contribution in [-0.2, 0) is 23.6 Å². The molecule has 0 bridgehead atoms. The first kappa shape index (κ1) is 29.4. The molecule has 0 atom stereocenters. The maximum atomic E-state index is 13.3. The van der Waals surface area contributed by atoms with Crippen LogP contribution in [0.1, 0.15) is 36.6 Å². The number of hydrogen-bond donors (Lipinski definition) is 1. The third-order valence-corrected chi connectivity index (χ3v) is 9.24. The molecule has 1 fully saturated rings. The number of halogens is 1. The minimum Gasteiger partial charge on any atom is -0.344 e. The fraction of sp³-hybridized carbons (Fsp3) is 0.333. The largest absolute Gasteiger partial charge is 0.344 e. The van der Waals surface area contributed by atoms with Crippen molar-refractivity contribution in [1.29, 1.82) is 0 Å². The number of anilines is 1. The molecule has 8 nitrogen and oxygen atoms in total. The molecule has 1 aliphatic heterocycles. The Morgan fingerprint density at radius 2 is 1.82 bits per heavy atom. The van der Waals surface area contributed by atoms with Gasteiger partial charge in [-0.1, -0.05) is 12.7 Å². The van der Waals surface area contributed by atoms with Crippen LogP contribution in [-0.4, -0.2) is 59.4 Å². The number of nitrogens with one attached hydrogen (secondary N) is 1. The maximum absolute atomic E-state index is 13.3. The van der Waals surface area contributed by atoms with Gasteiger partial charge in [0, 0.05) is 55.2 Å². The van der Waals surface area contributed by atoms with E-state index in [4.69, 9.17) is 0 Å². The summed E-state index contributed by atoms with van der Waals surface area (Å²) >= 11 is 0. The topological polar surface area (TPSA) is 82.8 Å². The molecule has 0 unspecified atom stereocenters. The summed E-state index contributed by atoms with van der Waals surface area (Å²) in [4.78, 5) is 7.16. The van der Waals surface area contributed by atoms with E-state index in [1.165, 1.54) is 17.7 Å². The summed E-state index contributed by atoms with van der Waals surface area (Å²) in [6, 6.07) is 13.1. The van der Waals surface area contributed by atoms with Crippen molar-refractivity contribution in [3.05, 3.63) is 96.1 Å². The molecule has 0 saturated carbocycles. The zero-order valence-electron chi connectivity index (χ0n) is 23.5. The van der Waals surface area contributed by atoms with E-state index in [0.29, 0.717) is 36.4 Å². The van der Waals surface area contributed by atoms with Crippen LogP contribution in [0.15, 0.2) is 83.3 Å². The average Bonchev–Trinajstić information content (AvgIpc) is 3.25. The van der Waals surface area contributed by atoms with E-state index in [9.17, 15) is 12.8 Å². The molecule has 0 aliphatic carbocycles. The lowest BCUT2D eigenvalue weighted by molar-refractivity contribution is 0.162. The van der Waals surface area contributed by atoms with Gasteiger partial charge in [-0.15, -0.1) is 0 Å². The molecule has 3 aromatic rings. The van der Waals surface area contributed by atoms with Gasteiger partial charge in [0.1, 0.15) is 11.7 Å². The number of aryl methyl sites for hydroxylation is 1. The molecule has 212 valence electrons. The molecular weight excluding hydrogens is 527 g/mol. The molecule has 1 aliphatic rings. The zero-order chi connectivity index (χ0) is 28.9. The van der Waals surface area contributed by atoms with Crippen LogP contribution in [0, 0.1) is 12.7 Å². The molecule has 0 amide bonds. The van der Waals surface area contributed by atoms with Crippen LogP contribution in [0.3, 0.4) is 0 Å². The highest BCUT2D eigenvalue weighted by atomic mass is 32.2. The summed E-state index contributed by atoms with van der Waals surface area (Å²) < 4.78 is 43.5. The van der Waals surface area contributed by atoms with Crippen LogP contribution in [0.4, 0.5) is 10.1 Å². The highest BCUT2D eigenvalue weighted by Crippen LogP contribution is 2.25. The van der Waals surface area contributed by atoms with E-state index in [1.807, 2.05) is 24.9 Å². The van der Waals surface area contributed by atoms with Crippen molar-refractivity contribution in [2.24, 2.45) is 12.0 Å². The highest BCUT2D eigenvalue weighted by molar-refractivity contribution is 7.89. The maximum Gasteiger partial charge on any atom is 0.243 e. The van der Waals surface area contributed by atoms with E-state index >= 15 is 0 Å². The molecule has 0 spiro atoms. The fourth-order valence-corrected chi connectivity index (χ4v) is 6.30. The van der Waals surface area contributed by atoms with E-state index in [0.717, 1.165) is 30.6 Å². The number of piperidine rings is 1. The minimum atomic E-state index is -3.59. The van der Waals surface area contributed by atoms with Gasteiger partial charge in [0.2, 0.25) is 10.0 Å². The van der Waals surface area contributed by atoms with Gasteiger partial charge in [-0.3, -0.25) is 9.58 Å². The van der Waals surface area contributed by atoms with Gasteiger partial charge < -0.3 is 5.32 Å². The number of benzene rings is 2. The monoisotopic (exact) mass is 564 g/mol. The van der Waals surface area contributed by atoms with Crippen molar-refractivity contribution in [3.8, 4) is 0 Å². The molecule has 40 heavy (non-hydrogen) atoms. The number of aromatic nitrogens is 2. The number of hydrogen-bond acceptors (Lipinski definition) is 5. The number of rotatable bonds is 9. The fourth-order valence-electron chi connectivity index (χ4n) is 4.83. The van der Waals surface area contributed by atoms with Crippen molar-refractivity contribution in [3.63, 3.8) is 0 Å². The van der Waals surface area contributed by atoms with Gasteiger partial charge in [0.25, 0.3) is 0 Å². The lowest BCUT2D eigenvalue weighted by Crippen LogP contribution is -2.45. The summed E-state index contributed by atoms with van der Waals surface area (Å²) in [6.45, 7) is 9.36. The highest BCUT2D eigenvalue weighted by Gasteiger charge is 2.31. The Balaban J connectivity index is 1.36. The normalized spacial score (nSPS) is 15.9. The van der Waals surface area contributed by atoms with Crippen LogP contribution in [0.5, 0.6) is 0 Å². The van der Waals surface area contributed by atoms with Gasteiger partial charge in [0.15, 0.2) is 0 Å². The Bertz CT molecular complexity index is 1490. The first-order chi connectivity index (χ1) is 19.1. The first-order valence-corrected chi connectivity index (χ1v) is 14.7. The third kappa shape index (κ3) is 6.93. The Labute approximate surface area is 236 Å². The van der Waals surface area contributed by atoms with Crippen LogP contribution < -0.4 is 5.32 Å². The Hall–Kier alpha value is -3.60. The van der Waals surface area contributed by atoms with Crippen molar-refractivity contribution < 1.29 is 12.8 Å². The van der Waals surface area contributed by atoms with Crippen LogP contribution in [0.2, 0.25) is 0 Å². The summed E-state index contributed by atoms with van der Waals surface area (Å²) in [7, 11) is 0.437. The van der Waals surface area contributed by atoms with Crippen molar-refractivity contribution in [2.75, 3.05) is 25.5 Å². The van der Waals surface area contributed by atoms with Gasteiger partial charge >= 0.3 is 0 Å². The Morgan fingerprint density at radius 3 is 2.40 bits per heavy atom. The van der Waals surface area contributed by atoms with Crippen LogP contribution in [0.25, 0.3) is 5.70 Å². The van der Waals surface area contributed by atoms with Crippen LogP contribution >= 0.6 is 0 Å². The van der Waals surface area contributed by atoms with E-state index in [2.05, 4.69) is 40.9 Å². The molecule has 1 aromatic heterocycles. The van der Waals surface area contributed by atoms with Crippen molar-refractivity contribution in [1.82, 2.24) is 19.0 Å². The summed E-state index contributed by atoms with van der Waals surface area (Å²) in [6.07, 6.45) is 6.82. The molecule has 1 N–H and O–H groups in total. The first-order valence-electron chi connectivity index (χ1n) is 13.3. The van der Waals surface area contributed by atoms with Gasteiger partial charge in [-0.05, 0) is 88.3 Å². The average molecular weight is 565 g/mol. The predicted molar refractivity (Wildman–Crippen MR) is 159 cm³/mol. The molecular formula is C30H37FN6O2S. The number of allylic oxidation sites excluding steroid dienone is 2. The van der Waals surface area contributed by atoms with Crippen molar-refractivity contribution >= 4 is 27.2 Å². The van der Waals surface area contributed by atoms with Crippen molar-refractivity contribution in [2.45, 2.75) is 44.2 Å². The smallest absolute Gasteiger partial charge is 0.243 e. The SMILES string of the molecule is C=C/C=C(\N=C(C)Nc1ccc(S(=O)(=O)N2CCC(N(C)Cc3cnn(C)c3C)CC2)cc1)c1ccc(F)cc1. The summed E-state index contributed by atoms with van der Waals surface area (Å²) in [5.74, 6) is 0.281. The second kappa shape index (κ2) is 12.7. The number of amidine groups is 1. The number of nitrogens with zero attached hydrogens (tertiary/aromatic N) is 5. The third-order valence-electron chi connectivity index (χ3n) is 7.32. The van der Waals surface area contributed by atoms with Gasteiger partial charge in [-0.2, -0.15) is 9.40 Å².